The smallest absolute Gasteiger partial charge is 0.221 e. The monoisotopic (exact) mass is 241 g/mol. The van der Waals surface area contributed by atoms with Gasteiger partial charge >= 0.3 is 0 Å². The molecule has 0 aliphatic heterocycles. The average Bonchev–Trinajstić information content (AvgIpc) is 2.35. The zero-order valence-corrected chi connectivity index (χ0v) is 11.4. The van der Waals surface area contributed by atoms with Crippen LogP contribution in [0.2, 0.25) is 0 Å². The van der Waals surface area contributed by atoms with Gasteiger partial charge in [0.15, 0.2) is 0 Å². The molecule has 1 fully saturated rings. The lowest BCUT2D eigenvalue weighted by atomic mass is 9.78. The van der Waals surface area contributed by atoms with Crippen molar-refractivity contribution < 1.29 is 4.79 Å². The number of hydrogen-bond donors (Lipinski definition) is 2. The quantitative estimate of drug-likeness (QED) is 0.749. The number of amides is 1. The van der Waals surface area contributed by atoms with Crippen LogP contribution < -0.4 is 11.1 Å². The highest BCUT2D eigenvalue weighted by molar-refractivity contribution is 5.75. The normalized spacial score (nSPS) is 29.4. The first-order chi connectivity index (χ1) is 8.08. The third-order valence-corrected chi connectivity index (χ3v) is 4.06. The van der Waals surface area contributed by atoms with Gasteiger partial charge in [-0.2, -0.15) is 0 Å². The molecule has 0 aromatic rings. The van der Waals surface area contributed by atoms with Crippen LogP contribution in [0.25, 0.3) is 0 Å². The van der Waals surface area contributed by atoms with Gasteiger partial charge in [0.25, 0.3) is 0 Å². The minimum atomic E-state index is 0.116. The Balaban J connectivity index is 2.46. The molecule has 0 radical (unpaired) electrons. The van der Waals surface area contributed by atoms with Crippen molar-refractivity contribution in [1.82, 2.24) is 10.2 Å². The van der Waals surface area contributed by atoms with Crippen molar-refractivity contribution in [3.63, 3.8) is 0 Å². The average molecular weight is 241 g/mol. The van der Waals surface area contributed by atoms with Crippen molar-refractivity contribution in [2.24, 2.45) is 17.6 Å². The predicted octanol–water partition coefficient (Wildman–Crippen LogP) is 0.818. The van der Waals surface area contributed by atoms with Gasteiger partial charge in [-0.3, -0.25) is 4.79 Å². The van der Waals surface area contributed by atoms with Crippen LogP contribution in [0.5, 0.6) is 0 Å². The van der Waals surface area contributed by atoms with E-state index in [1.165, 1.54) is 19.3 Å². The summed E-state index contributed by atoms with van der Waals surface area (Å²) in [6, 6.07) is 0.549. The van der Waals surface area contributed by atoms with Crippen molar-refractivity contribution in [1.29, 1.82) is 0 Å². The maximum atomic E-state index is 11.3. The van der Waals surface area contributed by atoms with Crippen molar-refractivity contribution in [2.45, 2.75) is 38.6 Å². The number of hydrogen-bond acceptors (Lipinski definition) is 3. The van der Waals surface area contributed by atoms with Gasteiger partial charge < -0.3 is 16.0 Å². The molecule has 0 saturated heterocycles. The molecule has 1 aliphatic carbocycles. The molecule has 100 valence electrons. The molecule has 17 heavy (non-hydrogen) atoms. The number of rotatable bonds is 5. The van der Waals surface area contributed by atoms with E-state index in [1.54, 1.807) is 7.05 Å². The van der Waals surface area contributed by atoms with E-state index in [0.29, 0.717) is 18.4 Å². The summed E-state index contributed by atoms with van der Waals surface area (Å²) < 4.78 is 0. The fraction of sp³-hybridized carbons (Fsp3) is 0.923. The second-order valence-electron chi connectivity index (χ2n) is 5.39. The van der Waals surface area contributed by atoms with Crippen LogP contribution in [-0.4, -0.2) is 44.0 Å². The Hall–Kier alpha value is -0.610. The fourth-order valence-electron chi connectivity index (χ4n) is 2.80. The Kier molecular flexibility index (Phi) is 5.92. The summed E-state index contributed by atoms with van der Waals surface area (Å²) in [5, 5.41) is 2.67. The van der Waals surface area contributed by atoms with Crippen molar-refractivity contribution in [3.8, 4) is 0 Å². The molecule has 0 heterocycles. The second-order valence-corrected chi connectivity index (χ2v) is 5.39. The van der Waals surface area contributed by atoms with E-state index in [0.717, 1.165) is 19.0 Å². The van der Waals surface area contributed by atoms with Gasteiger partial charge in [-0.1, -0.05) is 13.3 Å². The summed E-state index contributed by atoms with van der Waals surface area (Å²) in [5.74, 6) is 1.50. The lowest BCUT2D eigenvalue weighted by molar-refractivity contribution is -0.121. The van der Waals surface area contributed by atoms with E-state index in [9.17, 15) is 4.79 Å². The van der Waals surface area contributed by atoms with Crippen molar-refractivity contribution in [3.05, 3.63) is 0 Å². The summed E-state index contributed by atoms with van der Waals surface area (Å²) in [4.78, 5) is 13.6. The van der Waals surface area contributed by atoms with E-state index in [4.69, 9.17) is 5.73 Å². The first kappa shape index (κ1) is 14.5. The predicted molar refractivity (Wildman–Crippen MR) is 70.7 cm³/mol. The van der Waals surface area contributed by atoms with Crippen LogP contribution in [0.4, 0.5) is 0 Å². The lowest BCUT2D eigenvalue weighted by Crippen LogP contribution is -2.45. The fourth-order valence-corrected chi connectivity index (χ4v) is 2.80. The third-order valence-electron chi connectivity index (χ3n) is 4.06. The van der Waals surface area contributed by atoms with Crippen LogP contribution in [0.1, 0.15) is 32.6 Å². The Bertz CT molecular complexity index is 245. The molecular weight excluding hydrogens is 214 g/mol. The SMILES string of the molecule is CNC(=O)CCN(C)C1CC(C)CCC1CN. The summed E-state index contributed by atoms with van der Waals surface area (Å²) in [6.07, 6.45) is 4.32. The van der Waals surface area contributed by atoms with Crippen LogP contribution in [-0.2, 0) is 4.79 Å². The summed E-state index contributed by atoms with van der Waals surface area (Å²) in [6.45, 7) is 3.90. The Labute approximate surface area is 105 Å². The zero-order valence-electron chi connectivity index (χ0n) is 11.4. The van der Waals surface area contributed by atoms with Crippen LogP contribution >= 0.6 is 0 Å². The van der Waals surface area contributed by atoms with Gasteiger partial charge in [-0.15, -0.1) is 0 Å². The van der Waals surface area contributed by atoms with Gasteiger partial charge in [0.05, 0.1) is 0 Å². The molecule has 1 amide bonds. The Morgan fingerprint density at radius 2 is 2.18 bits per heavy atom. The number of nitrogens with one attached hydrogen (secondary N) is 1. The highest BCUT2D eigenvalue weighted by Gasteiger charge is 2.30. The number of carbonyl (C=O) groups excluding carboxylic acids is 1. The highest BCUT2D eigenvalue weighted by atomic mass is 16.1. The van der Waals surface area contributed by atoms with E-state index >= 15 is 0 Å². The Morgan fingerprint density at radius 1 is 1.47 bits per heavy atom. The summed E-state index contributed by atoms with van der Waals surface area (Å²) in [5.41, 5.74) is 5.85. The van der Waals surface area contributed by atoms with Gasteiger partial charge in [0.2, 0.25) is 5.91 Å². The van der Waals surface area contributed by atoms with Gasteiger partial charge in [0, 0.05) is 26.1 Å². The molecule has 0 bridgehead atoms. The van der Waals surface area contributed by atoms with Gasteiger partial charge in [0.1, 0.15) is 0 Å². The molecule has 4 nitrogen and oxygen atoms in total. The van der Waals surface area contributed by atoms with Crippen molar-refractivity contribution in [2.75, 3.05) is 27.2 Å². The molecular formula is C13H27N3O. The Morgan fingerprint density at radius 3 is 2.76 bits per heavy atom. The minimum absolute atomic E-state index is 0.116. The topological polar surface area (TPSA) is 58.4 Å². The van der Waals surface area contributed by atoms with Crippen LogP contribution in [0.3, 0.4) is 0 Å². The van der Waals surface area contributed by atoms with E-state index in [-0.39, 0.29) is 5.91 Å². The molecule has 3 N–H and O–H groups in total. The van der Waals surface area contributed by atoms with E-state index < -0.39 is 0 Å². The highest BCUT2D eigenvalue weighted by Crippen LogP contribution is 2.31. The van der Waals surface area contributed by atoms with E-state index in [2.05, 4.69) is 24.2 Å². The lowest BCUT2D eigenvalue weighted by Gasteiger charge is -2.40. The maximum Gasteiger partial charge on any atom is 0.221 e. The number of nitrogens with zero attached hydrogens (tertiary/aromatic N) is 1. The molecule has 1 saturated carbocycles. The van der Waals surface area contributed by atoms with Gasteiger partial charge in [-0.25, -0.2) is 0 Å². The first-order valence-electron chi connectivity index (χ1n) is 6.69. The molecule has 0 spiro atoms. The van der Waals surface area contributed by atoms with Crippen molar-refractivity contribution >= 4 is 5.91 Å². The second kappa shape index (κ2) is 6.97. The molecule has 3 atom stereocenters. The number of nitrogens with two attached hydrogens (primary N) is 1. The summed E-state index contributed by atoms with van der Waals surface area (Å²) in [7, 11) is 3.81. The zero-order chi connectivity index (χ0) is 12.8. The minimum Gasteiger partial charge on any atom is -0.359 e. The van der Waals surface area contributed by atoms with Crippen LogP contribution in [0, 0.1) is 11.8 Å². The molecule has 3 unspecified atom stereocenters. The molecule has 4 heteroatoms. The first-order valence-corrected chi connectivity index (χ1v) is 6.69. The maximum absolute atomic E-state index is 11.3. The molecule has 0 aromatic carbocycles. The number of carbonyl (C=O) groups is 1. The molecule has 0 aromatic heterocycles. The third kappa shape index (κ3) is 4.28. The van der Waals surface area contributed by atoms with E-state index in [1.807, 2.05) is 0 Å². The van der Waals surface area contributed by atoms with Crippen LogP contribution in [0.15, 0.2) is 0 Å². The van der Waals surface area contributed by atoms with Gasteiger partial charge in [-0.05, 0) is 38.3 Å². The molecule has 1 rings (SSSR count). The largest absolute Gasteiger partial charge is 0.359 e. The summed E-state index contributed by atoms with van der Waals surface area (Å²) >= 11 is 0. The standard InChI is InChI=1S/C13H27N3O/c1-10-4-5-11(9-14)12(8-10)16(3)7-6-13(17)15-2/h10-12H,4-9,14H2,1-3H3,(H,15,17). The molecule has 1 aliphatic rings.